The molecule has 5 heteroatoms. The Morgan fingerprint density at radius 3 is 1.58 bits per heavy atom. The van der Waals surface area contributed by atoms with E-state index in [0.717, 1.165) is 22.7 Å². The maximum atomic E-state index is 2.74. The number of para-hydroxylation sites is 6. The van der Waals surface area contributed by atoms with Crippen LogP contribution in [-0.2, 0) is 0 Å². The maximum absolute atomic E-state index is 2.78. The lowest BCUT2D eigenvalue weighted by Crippen LogP contribution is -2.78. The molecule has 0 radical (unpaired) electrons. The van der Waals surface area contributed by atoms with Crippen molar-refractivity contribution < 1.29 is 0 Å². The summed E-state index contributed by atoms with van der Waals surface area (Å²) >= 11 is 0. The first kappa shape index (κ1) is 32.7. The van der Waals surface area contributed by atoms with E-state index >= 15 is 0 Å². The van der Waals surface area contributed by atoms with Crippen molar-refractivity contribution >= 4 is 92.1 Å². The van der Waals surface area contributed by atoms with Gasteiger partial charge in [-0.2, -0.15) is 0 Å². The molecule has 0 unspecified atom stereocenters. The molecule has 9 aromatic rings. The van der Waals surface area contributed by atoms with Crippen molar-refractivity contribution in [3.05, 3.63) is 218 Å². The number of rotatable bonds is 4. The SMILES string of the molecule is c1ccc(N(c2ccccc2)c2cc3c4c(c2)N(c2ccccc2)c2ccccc2B4N2c4ccccc4[Si]4(c5ccccc5-c5ccccc54)c4cccc-3c42)cc1. The third-order valence-electron chi connectivity index (χ3n) is 13.2. The van der Waals surface area contributed by atoms with Crippen LogP contribution in [0.5, 0.6) is 0 Å². The Labute approximate surface area is 345 Å². The molecule has 0 aliphatic carbocycles. The van der Waals surface area contributed by atoms with E-state index in [1.54, 1.807) is 0 Å². The highest BCUT2D eigenvalue weighted by Gasteiger charge is 2.57. The van der Waals surface area contributed by atoms with Gasteiger partial charge in [-0.3, -0.25) is 0 Å². The number of benzene rings is 9. The van der Waals surface area contributed by atoms with Crippen molar-refractivity contribution in [2.75, 3.05) is 14.6 Å². The van der Waals surface area contributed by atoms with Crippen molar-refractivity contribution in [3.8, 4) is 22.3 Å². The average Bonchev–Trinajstić information content (AvgIpc) is 3.60. The monoisotopic (exact) mass is 765 g/mol. The molecule has 3 nitrogen and oxygen atoms in total. The smallest absolute Gasteiger partial charge is 0.333 e. The van der Waals surface area contributed by atoms with Crippen LogP contribution in [0, 0.1) is 0 Å². The van der Waals surface area contributed by atoms with Crippen molar-refractivity contribution in [1.82, 2.24) is 0 Å². The normalized spacial score (nSPS) is 14.1. The largest absolute Gasteiger partial charge is 0.376 e. The summed E-state index contributed by atoms with van der Waals surface area (Å²) < 4.78 is 0. The molecule has 0 amide bonds. The van der Waals surface area contributed by atoms with Gasteiger partial charge >= 0.3 is 6.85 Å². The maximum Gasteiger partial charge on any atom is 0.333 e. The predicted octanol–water partition coefficient (Wildman–Crippen LogP) is 9.54. The Kier molecular flexibility index (Phi) is 6.84. The minimum atomic E-state index is -2.78. The lowest BCUT2D eigenvalue weighted by molar-refractivity contribution is 1.24. The van der Waals surface area contributed by atoms with Crippen LogP contribution < -0.4 is 46.3 Å². The second-order valence-electron chi connectivity index (χ2n) is 16.0. The van der Waals surface area contributed by atoms with Gasteiger partial charge < -0.3 is 14.6 Å². The topological polar surface area (TPSA) is 9.72 Å². The van der Waals surface area contributed by atoms with Gasteiger partial charge in [-0.25, -0.2) is 0 Å². The molecule has 59 heavy (non-hydrogen) atoms. The summed E-state index contributed by atoms with van der Waals surface area (Å²) in [5.41, 5.74) is 17.5. The highest BCUT2D eigenvalue weighted by Crippen LogP contribution is 2.50. The molecular weight excluding hydrogens is 730 g/mol. The number of hydrogen-bond donors (Lipinski definition) is 0. The van der Waals surface area contributed by atoms with Gasteiger partial charge in [0.2, 0.25) is 0 Å². The Bertz CT molecular complexity index is 3070. The molecule has 0 N–H and O–H groups in total. The van der Waals surface area contributed by atoms with E-state index in [1.165, 1.54) is 76.7 Å². The highest BCUT2D eigenvalue weighted by molar-refractivity contribution is 7.24. The zero-order chi connectivity index (χ0) is 38.7. The molecule has 4 heterocycles. The Morgan fingerprint density at radius 2 is 0.898 bits per heavy atom. The first-order valence-corrected chi connectivity index (χ1v) is 22.6. The average molecular weight is 766 g/mol. The fraction of sp³-hybridized carbons (Fsp3) is 0. The van der Waals surface area contributed by atoms with Crippen molar-refractivity contribution in [2.24, 2.45) is 0 Å². The summed E-state index contributed by atoms with van der Waals surface area (Å²) in [6, 6.07) is 81.7. The van der Waals surface area contributed by atoms with Crippen LogP contribution in [0.1, 0.15) is 0 Å². The van der Waals surface area contributed by atoms with Crippen molar-refractivity contribution in [3.63, 3.8) is 0 Å². The molecule has 0 aromatic heterocycles. The molecular formula is C54H36BN3Si. The summed E-state index contributed by atoms with van der Waals surface area (Å²) in [4.78, 5) is 7.67. The van der Waals surface area contributed by atoms with Gasteiger partial charge in [-0.1, -0.05) is 158 Å². The van der Waals surface area contributed by atoms with Crippen LogP contribution in [-0.4, -0.2) is 14.9 Å². The van der Waals surface area contributed by atoms with Crippen LogP contribution >= 0.6 is 0 Å². The minimum absolute atomic E-state index is 0.0554. The lowest BCUT2D eigenvalue weighted by Gasteiger charge is -2.51. The van der Waals surface area contributed by atoms with Gasteiger partial charge in [-0.15, -0.1) is 0 Å². The summed E-state index contributed by atoms with van der Waals surface area (Å²) in [6.07, 6.45) is 0. The van der Waals surface area contributed by atoms with E-state index in [-0.39, 0.29) is 6.85 Å². The molecule has 0 atom stereocenters. The summed E-state index contributed by atoms with van der Waals surface area (Å²) in [5.74, 6) is 0. The molecule has 4 aliphatic rings. The standard InChI is InChI=1S/C54H36BN3Si/c1-4-19-37(20-5-1)56(38-21-6-2-7-22-38)40-35-44-43-27-18-34-52-54(43)58(55-45-28-12-13-29-46(45)57(48(36-40)53(44)55)39-23-8-3-9-24-39)47-30-14-17-33-51(47)59(52)49-31-15-10-25-41(49)42-26-11-16-32-50(42)59/h1-36H. The minimum Gasteiger partial charge on any atom is -0.376 e. The van der Waals surface area contributed by atoms with Crippen LogP contribution in [0.4, 0.5) is 45.5 Å². The molecule has 13 rings (SSSR count). The van der Waals surface area contributed by atoms with E-state index in [2.05, 4.69) is 233 Å². The number of nitrogens with zero attached hydrogens (tertiary/aromatic N) is 3. The van der Waals surface area contributed by atoms with E-state index in [9.17, 15) is 0 Å². The van der Waals surface area contributed by atoms with Gasteiger partial charge in [0.25, 0.3) is 0 Å². The van der Waals surface area contributed by atoms with E-state index in [0.29, 0.717) is 0 Å². The van der Waals surface area contributed by atoms with Gasteiger partial charge in [0, 0.05) is 51.1 Å². The Balaban J connectivity index is 1.19. The summed E-state index contributed by atoms with van der Waals surface area (Å²) in [5, 5.41) is 5.90. The lowest BCUT2D eigenvalue weighted by atomic mass is 9.43. The number of hydrogen-bond acceptors (Lipinski definition) is 3. The summed E-state index contributed by atoms with van der Waals surface area (Å²) in [7, 11) is -2.78. The molecule has 0 bridgehead atoms. The first-order valence-electron chi connectivity index (χ1n) is 20.6. The molecule has 9 aromatic carbocycles. The van der Waals surface area contributed by atoms with E-state index in [4.69, 9.17) is 0 Å². The molecule has 0 saturated carbocycles. The van der Waals surface area contributed by atoms with Crippen LogP contribution in [0.2, 0.25) is 0 Å². The van der Waals surface area contributed by atoms with Crippen molar-refractivity contribution in [2.45, 2.75) is 0 Å². The fourth-order valence-corrected chi connectivity index (χ4v) is 16.6. The van der Waals surface area contributed by atoms with Crippen LogP contribution in [0.15, 0.2) is 218 Å². The molecule has 0 fully saturated rings. The third kappa shape index (κ3) is 4.32. The number of anilines is 8. The van der Waals surface area contributed by atoms with Crippen LogP contribution in [0.25, 0.3) is 22.3 Å². The second-order valence-corrected chi connectivity index (χ2v) is 19.6. The first-order chi connectivity index (χ1) is 29.3. The number of fused-ring (bicyclic) bond motifs is 13. The Hall–Kier alpha value is -7.34. The zero-order valence-electron chi connectivity index (χ0n) is 32.2. The van der Waals surface area contributed by atoms with Crippen molar-refractivity contribution in [1.29, 1.82) is 0 Å². The quantitative estimate of drug-likeness (QED) is 0.165. The van der Waals surface area contributed by atoms with Crippen LogP contribution in [0.3, 0.4) is 0 Å². The zero-order valence-corrected chi connectivity index (χ0v) is 33.2. The van der Waals surface area contributed by atoms with E-state index < -0.39 is 8.07 Å². The fourth-order valence-electron chi connectivity index (χ4n) is 11.1. The Morgan fingerprint density at radius 1 is 0.373 bits per heavy atom. The third-order valence-corrected chi connectivity index (χ3v) is 18.1. The molecule has 4 aliphatic heterocycles. The van der Waals surface area contributed by atoms with Gasteiger partial charge in [0.1, 0.15) is 0 Å². The molecule has 0 saturated heterocycles. The van der Waals surface area contributed by atoms with Gasteiger partial charge in [0.15, 0.2) is 8.07 Å². The molecule has 1 spiro atoms. The molecule has 274 valence electrons. The predicted molar refractivity (Wildman–Crippen MR) is 251 cm³/mol. The summed E-state index contributed by atoms with van der Waals surface area (Å²) in [6.45, 7) is -0.0554. The van der Waals surface area contributed by atoms with E-state index in [1.807, 2.05) is 0 Å². The van der Waals surface area contributed by atoms with Gasteiger partial charge in [-0.05, 0) is 109 Å². The highest BCUT2D eigenvalue weighted by atomic mass is 28.3. The van der Waals surface area contributed by atoms with Gasteiger partial charge in [0.05, 0.1) is 0 Å². The second kappa shape index (κ2) is 12.3.